The van der Waals surface area contributed by atoms with Crippen LogP contribution in [0.5, 0.6) is 0 Å². The summed E-state index contributed by atoms with van der Waals surface area (Å²) in [6, 6.07) is 4.25. The number of rotatable bonds is 2. The summed E-state index contributed by atoms with van der Waals surface area (Å²) in [5.74, 6) is -3.07. The Bertz CT molecular complexity index is 679. The Hall–Kier alpha value is -2.77. The van der Waals surface area contributed by atoms with Gasteiger partial charge in [0.05, 0.1) is 11.4 Å². The third kappa shape index (κ3) is 2.57. The van der Waals surface area contributed by atoms with Gasteiger partial charge in [0.25, 0.3) is 11.5 Å². The molecule has 0 spiro atoms. The van der Waals surface area contributed by atoms with E-state index in [0.717, 1.165) is 18.2 Å². The maximum Gasteiger partial charge on any atom is 0.276 e. The molecule has 0 aliphatic rings. The predicted molar refractivity (Wildman–Crippen MR) is 63.6 cm³/mol. The van der Waals surface area contributed by atoms with E-state index in [1.807, 2.05) is 0 Å². The molecule has 19 heavy (non-hydrogen) atoms. The molecule has 0 aliphatic heterocycles. The third-order valence-corrected chi connectivity index (χ3v) is 2.29. The minimum atomic E-state index is -1.24. The number of nitrogens with zero attached hydrogens (tertiary/aromatic N) is 1. The fourth-order valence-electron chi connectivity index (χ4n) is 1.33. The van der Waals surface area contributed by atoms with Crippen molar-refractivity contribution in [2.75, 3.05) is 11.1 Å². The number of amides is 1. The lowest BCUT2D eigenvalue weighted by Crippen LogP contribution is -2.18. The zero-order valence-electron chi connectivity index (χ0n) is 9.41. The first-order chi connectivity index (χ1) is 8.99. The largest absolute Gasteiger partial charge is 0.395 e. The van der Waals surface area contributed by atoms with Gasteiger partial charge in [0.1, 0.15) is 5.69 Å². The Morgan fingerprint density at radius 2 is 2.00 bits per heavy atom. The van der Waals surface area contributed by atoms with Crippen LogP contribution in [0.1, 0.15) is 10.5 Å². The molecule has 0 unspecified atom stereocenters. The zero-order chi connectivity index (χ0) is 14.0. The van der Waals surface area contributed by atoms with Gasteiger partial charge in [-0.1, -0.05) is 0 Å². The maximum absolute atomic E-state index is 13.2. The highest BCUT2D eigenvalue weighted by Crippen LogP contribution is 2.24. The number of anilines is 2. The number of nitrogen functional groups attached to an aromatic ring is 1. The van der Waals surface area contributed by atoms with Crippen LogP contribution in [0.15, 0.2) is 29.1 Å². The maximum atomic E-state index is 13.2. The smallest absolute Gasteiger partial charge is 0.276 e. The van der Waals surface area contributed by atoms with Gasteiger partial charge in [0.15, 0.2) is 11.6 Å². The highest BCUT2D eigenvalue weighted by Gasteiger charge is 2.14. The number of nitrogens with two attached hydrogens (primary N) is 1. The molecule has 98 valence electrons. The molecule has 1 aromatic carbocycles. The highest BCUT2D eigenvalue weighted by molar-refractivity contribution is 6.04. The van der Waals surface area contributed by atoms with Crippen LogP contribution >= 0.6 is 0 Å². The number of benzene rings is 1. The van der Waals surface area contributed by atoms with E-state index in [4.69, 9.17) is 5.73 Å². The lowest BCUT2D eigenvalue weighted by Gasteiger charge is -2.08. The second-order valence-electron chi connectivity index (χ2n) is 3.58. The molecule has 2 rings (SSSR count). The minimum Gasteiger partial charge on any atom is -0.395 e. The molecular formula is C11H8F2N4O2. The Kier molecular flexibility index (Phi) is 3.23. The van der Waals surface area contributed by atoms with E-state index in [2.05, 4.69) is 15.5 Å². The number of hydrogen-bond acceptors (Lipinski definition) is 4. The molecule has 0 saturated heterocycles. The summed E-state index contributed by atoms with van der Waals surface area (Å²) in [5.41, 5.74) is 4.16. The molecule has 0 bridgehead atoms. The van der Waals surface area contributed by atoms with E-state index in [1.165, 1.54) is 6.07 Å². The molecule has 1 heterocycles. The van der Waals surface area contributed by atoms with Crippen molar-refractivity contribution in [3.05, 3.63) is 51.9 Å². The summed E-state index contributed by atoms with van der Waals surface area (Å²) in [4.78, 5) is 22.5. The lowest BCUT2D eigenvalue weighted by molar-refractivity contribution is 0.102. The van der Waals surface area contributed by atoms with Gasteiger partial charge >= 0.3 is 0 Å². The monoisotopic (exact) mass is 266 g/mol. The quantitative estimate of drug-likeness (QED) is 0.702. The summed E-state index contributed by atoms with van der Waals surface area (Å²) >= 11 is 0. The molecule has 1 aromatic heterocycles. The van der Waals surface area contributed by atoms with Crippen molar-refractivity contribution in [2.45, 2.75) is 0 Å². The number of halogens is 2. The number of H-pyrrole nitrogens is 1. The Balaban J connectivity index is 2.27. The molecule has 0 saturated carbocycles. The number of nitrogens with one attached hydrogen (secondary N) is 2. The van der Waals surface area contributed by atoms with Gasteiger partial charge in [-0.25, -0.2) is 13.9 Å². The molecule has 0 atom stereocenters. The summed E-state index contributed by atoms with van der Waals surface area (Å²) in [7, 11) is 0. The second kappa shape index (κ2) is 4.84. The lowest BCUT2D eigenvalue weighted by atomic mass is 10.2. The van der Waals surface area contributed by atoms with Crippen molar-refractivity contribution >= 4 is 17.3 Å². The predicted octanol–water partition coefficient (Wildman–Crippen LogP) is 0.883. The van der Waals surface area contributed by atoms with Crippen LogP contribution in [0.2, 0.25) is 0 Å². The van der Waals surface area contributed by atoms with Gasteiger partial charge in [-0.3, -0.25) is 9.59 Å². The Morgan fingerprint density at radius 1 is 1.26 bits per heavy atom. The SMILES string of the molecule is Nc1c(NC(=O)c2ccc(=O)[nH]n2)ccc(F)c1F. The van der Waals surface area contributed by atoms with Crippen LogP contribution in [-0.2, 0) is 0 Å². The van der Waals surface area contributed by atoms with Gasteiger partial charge in [0, 0.05) is 6.07 Å². The van der Waals surface area contributed by atoms with Crippen molar-refractivity contribution < 1.29 is 13.6 Å². The summed E-state index contributed by atoms with van der Waals surface area (Å²) in [5, 5.41) is 7.81. The zero-order valence-corrected chi connectivity index (χ0v) is 9.41. The van der Waals surface area contributed by atoms with Gasteiger partial charge in [0.2, 0.25) is 0 Å². The number of aromatic nitrogens is 2. The average molecular weight is 266 g/mol. The standard InChI is InChI=1S/C11H8F2N4O2/c12-5-1-2-6(10(14)9(5)13)15-11(19)7-3-4-8(18)17-16-7/h1-4H,14H2,(H,15,19)(H,17,18). The molecule has 8 heteroatoms. The van der Waals surface area contributed by atoms with E-state index < -0.39 is 28.8 Å². The van der Waals surface area contributed by atoms with E-state index in [0.29, 0.717) is 0 Å². The molecule has 4 N–H and O–H groups in total. The molecular weight excluding hydrogens is 258 g/mol. The summed E-state index contributed by atoms with van der Waals surface area (Å²) in [6.07, 6.45) is 0. The van der Waals surface area contributed by atoms with Crippen molar-refractivity contribution in [1.29, 1.82) is 0 Å². The molecule has 0 fully saturated rings. The first-order valence-corrected chi connectivity index (χ1v) is 5.09. The van der Waals surface area contributed by atoms with E-state index in [-0.39, 0.29) is 11.4 Å². The van der Waals surface area contributed by atoms with Crippen LogP contribution in [-0.4, -0.2) is 16.1 Å². The molecule has 0 aliphatic carbocycles. The first-order valence-electron chi connectivity index (χ1n) is 5.09. The molecule has 1 amide bonds. The minimum absolute atomic E-state index is 0.0862. The van der Waals surface area contributed by atoms with Gasteiger partial charge in [-0.2, -0.15) is 5.10 Å². The van der Waals surface area contributed by atoms with Crippen LogP contribution in [0.4, 0.5) is 20.2 Å². The van der Waals surface area contributed by atoms with Crippen LogP contribution in [0, 0.1) is 11.6 Å². The topological polar surface area (TPSA) is 101 Å². The van der Waals surface area contributed by atoms with Crippen molar-refractivity contribution in [1.82, 2.24) is 10.2 Å². The fourth-order valence-corrected chi connectivity index (χ4v) is 1.33. The average Bonchev–Trinajstić information content (AvgIpc) is 2.40. The number of hydrogen-bond donors (Lipinski definition) is 3. The van der Waals surface area contributed by atoms with Crippen LogP contribution < -0.4 is 16.6 Å². The number of carbonyl (C=O) groups is 1. The molecule has 2 aromatic rings. The first kappa shape index (κ1) is 12.7. The third-order valence-electron chi connectivity index (χ3n) is 2.29. The van der Waals surface area contributed by atoms with Gasteiger partial charge < -0.3 is 11.1 Å². The fraction of sp³-hybridized carbons (Fsp3) is 0. The summed E-state index contributed by atoms with van der Waals surface area (Å²) in [6.45, 7) is 0. The van der Waals surface area contributed by atoms with E-state index in [9.17, 15) is 18.4 Å². The normalized spacial score (nSPS) is 10.2. The number of carbonyl (C=O) groups excluding carboxylic acids is 1. The Labute approximate surface area is 105 Å². The van der Waals surface area contributed by atoms with Crippen molar-refractivity contribution in [3.8, 4) is 0 Å². The van der Waals surface area contributed by atoms with E-state index >= 15 is 0 Å². The second-order valence-corrected chi connectivity index (χ2v) is 3.58. The highest BCUT2D eigenvalue weighted by atomic mass is 19.2. The van der Waals surface area contributed by atoms with E-state index in [1.54, 1.807) is 0 Å². The van der Waals surface area contributed by atoms with Crippen molar-refractivity contribution in [2.24, 2.45) is 0 Å². The van der Waals surface area contributed by atoms with Gasteiger partial charge in [-0.15, -0.1) is 0 Å². The summed E-state index contributed by atoms with van der Waals surface area (Å²) < 4.78 is 26.0. The van der Waals surface area contributed by atoms with Crippen LogP contribution in [0.25, 0.3) is 0 Å². The Morgan fingerprint density at radius 3 is 2.63 bits per heavy atom. The van der Waals surface area contributed by atoms with Crippen LogP contribution in [0.3, 0.4) is 0 Å². The van der Waals surface area contributed by atoms with Gasteiger partial charge in [-0.05, 0) is 18.2 Å². The van der Waals surface area contributed by atoms with Crippen molar-refractivity contribution in [3.63, 3.8) is 0 Å². The molecule has 6 nitrogen and oxygen atoms in total. The molecule has 0 radical (unpaired) electrons. The number of aromatic amines is 1.